The third-order valence-corrected chi connectivity index (χ3v) is 8.08. The van der Waals surface area contributed by atoms with E-state index >= 15 is 0 Å². The van der Waals surface area contributed by atoms with Gasteiger partial charge in [0.05, 0.1) is 44.3 Å². The second-order valence-electron chi connectivity index (χ2n) is 11.1. The number of rotatable bonds is 6. The van der Waals surface area contributed by atoms with Crippen LogP contribution in [0.4, 0.5) is 5.95 Å². The number of fused-ring (bicyclic) bond motifs is 5. The number of ether oxygens (including phenoxy) is 3. The van der Waals surface area contributed by atoms with Gasteiger partial charge in [-0.05, 0) is 81.6 Å². The lowest BCUT2D eigenvalue weighted by Gasteiger charge is -2.26. The van der Waals surface area contributed by atoms with Crippen LogP contribution in [0.1, 0.15) is 45.5 Å². The number of unbranched alkanes of at least 4 members (excludes halogenated alkanes) is 1. The molecule has 208 valence electrons. The van der Waals surface area contributed by atoms with E-state index < -0.39 is 0 Å². The normalized spacial score (nSPS) is 26.1. The lowest BCUT2D eigenvalue weighted by atomic mass is 10.0. The zero-order valence-electron chi connectivity index (χ0n) is 22.8. The van der Waals surface area contributed by atoms with Crippen molar-refractivity contribution in [1.29, 1.82) is 0 Å². The molecule has 7 nitrogen and oxygen atoms in total. The summed E-state index contributed by atoms with van der Waals surface area (Å²) in [4.78, 5) is 12.0. The highest BCUT2D eigenvalue weighted by molar-refractivity contribution is 5.62. The van der Waals surface area contributed by atoms with Gasteiger partial charge >= 0.3 is 0 Å². The molecule has 2 atom stereocenters. The van der Waals surface area contributed by atoms with E-state index in [1.807, 2.05) is 24.4 Å². The number of nitrogens with one attached hydrogen (secondary N) is 1. The standard InChI is InChI=1S/C32H40N4O3.H2/c1-2-13-36(14-3-1)15-4-5-18-39-30-20-28-22-32(28)21-27(30)24-38-17-7-6-16-37-23-25-9-8-10-26(19-25)29-11-12-33-31(34-29)35-32;/h6-12,19-21,28H,1-5,13-18,22-24H2,(H,33,34,35);1H/b7-6+;. The Kier molecular flexibility index (Phi) is 8.38. The Morgan fingerprint density at radius 2 is 1.92 bits per heavy atom. The van der Waals surface area contributed by atoms with Crippen molar-refractivity contribution in [3.63, 3.8) is 0 Å². The topological polar surface area (TPSA) is 68.7 Å². The van der Waals surface area contributed by atoms with Crippen LogP contribution in [-0.2, 0) is 20.8 Å². The molecule has 1 spiro atoms. The molecular weight excluding hydrogens is 488 g/mol. The van der Waals surface area contributed by atoms with E-state index in [-0.39, 0.29) is 6.97 Å². The third kappa shape index (κ3) is 6.78. The molecule has 0 amide bonds. The van der Waals surface area contributed by atoms with Gasteiger partial charge in [-0.2, -0.15) is 0 Å². The van der Waals surface area contributed by atoms with Crippen LogP contribution in [0.2, 0.25) is 0 Å². The summed E-state index contributed by atoms with van der Waals surface area (Å²) in [5.41, 5.74) is 4.00. The monoisotopic (exact) mass is 530 g/mol. The number of likely N-dealkylation sites (tertiary alicyclic amines) is 1. The molecule has 1 saturated carbocycles. The number of aromatic nitrogens is 2. The van der Waals surface area contributed by atoms with Gasteiger partial charge in [0.2, 0.25) is 5.95 Å². The molecule has 2 fully saturated rings. The first-order valence-corrected chi connectivity index (χ1v) is 14.6. The van der Waals surface area contributed by atoms with Crippen molar-refractivity contribution >= 4 is 5.95 Å². The van der Waals surface area contributed by atoms with Crippen molar-refractivity contribution in [3.05, 3.63) is 77.7 Å². The molecule has 1 aromatic carbocycles. The summed E-state index contributed by atoms with van der Waals surface area (Å²) < 4.78 is 18.2. The van der Waals surface area contributed by atoms with Gasteiger partial charge in [0.25, 0.3) is 0 Å². The molecule has 3 heterocycles. The maximum absolute atomic E-state index is 6.35. The van der Waals surface area contributed by atoms with Gasteiger partial charge in [0, 0.05) is 24.7 Å². The molecule has 1 aromatic heterocycles. The van der Waals surface area contributed by atoms with Crippen LogP contribution in [0.25, 0.3) is 11.3 Å². The van der Waals surface area contributed by atoms with Crippen molar-refractivity contribution < 1.29 is 15.6 Å². The Morgan fingerprint density at radius 1 is 1.05 bits per heavy atom. The first-order valence-electron chi connectivity index (χ1n) is 14.6. The van der Waals surface area contributed by atoms with Crippen LogP contribution in [0.15, 0.2) is 72.2 Å². The van der Waals surface area contributed by atoms with E-state index in [0.717, 1.165) is 47.6 Å². The molecule has 2 aromatic rings. The van der Waals surface area contributed by atoms with E-state index in [9.17, 15) is 0 Å². The Morgan fingerprint density at radius 3 is 2.82 bits per heavy atom. The quantitative estimate of drug-likeness (QED) is 0.376. The summed E-state index contributed by atoms with van der Waals surface area (Å²) in [6.07, 6.45) is 17.8. The zero-order chi connectivity index (χ0) is 26.3. The Balaban J connectivity index is 0.00000323. The van der Waals surface area contributed by atoms with Crippen LogP contribution in [0.5, 0.6) is 0 Å². The Hall–Kier alpha value is -3.00. The lowest BCUT2D eigenvalue weighted by molar-refractivity contribution is 0.145. The van der Waals surface area contributed by atoms with Crippen LogP contribution >= 0.6 is 0 Å². The number of piperidine rings is 1. The molecule has 2 unspecified atom stereocenters. The van der Waals surface area contributed by atoms with E-state index in [2.05, 4.69) is 51.6 Å². The van der Waals surface area contributed by atoms with Crippen molar-refractivity contribution in [2.24, 2.45) is 5.92 Å². The highest BCUT2D eigenvalue weighted by Crippen LogP contribution is 2.52. The van der Waals surface area contributed by atoms with Crippen LogP contribution in [0.3, 0.4) is 0 Å². The van der Waals surface area contributed by atoms with E-state index in [1.165, 1.54) is 45.3 Å². The highest BCUT2D eigenvalue weighted by Gasteiger charge is 2.54. The maximum atomic E-state index is 6.35. The Bertz CT molecular complexity index is 1230. The van der Waals surface area contributed by atoms with Crippen molar-refractivity contribution in [2.45, 2.75) is 50.7 Å². The van der Waals surface area contributed by atoms with Crippen molar-refractivity contribution in [2.75, 3.05) is 51.4 Å². The lowest BCUT2D eigenvalue weighted by Crippen LogP contribution is -2.30. The minimum Gasteiger partial charge on any atom is -0.494 e. The molecule has 7 heteroatoms. The maximum Gasteiger partial charge on any atom is 0.223 e. The number of nitrogens with zero attached hydrogens (tertiary/aromatic N) is 3. The van der Waals surface area contributed by atoms with Crippen LogP contribution in [-0.4, -0.2) is 66.5 Å². The number of hydrogen-bond donors (Lipinski definition) is 1. The Labute approximate surface area is 233 Å². The van der Waals surface area contributed by atoms with Crippen molar-refractivity contribution in [1.82, 2.24) is 14.9 Å². The number of hydrogen-bond acceptors (Lipinski definition) is 7. The molecule has 2 aliphatic heterocycles. The van der Waals surface area contributed by atoms with Crippen LogP contribution < -0.4 is 5.32 Å². The second kappa shape index (κ2) is 12.5. The molecule has 4 aliphatic rings. The average molecular weight is 531 g/mol. The summed E-state index contributed by atoms with van der Waals surface area (Å²) in [6, 6.07) is 10.3. The third-order valence-electron chi connectivity index (χ3n) is 8.08. The molecule has 39 heavy (non-hydrogen) atoms. The fourth-order valence-electron chi connectivity index (χ4n) is 5.81. The first kappa shape index (κ1) is 26.2. The van der Waals surface area contributed by atoms with Gasteiger partial charge in [-0.1, -0.05) is 36.8 Å². The van der Waals surface area contributed by atoms with Gasteiger partial charge in [0.1, 0.15) is 5.76 Å². The second-order valence-corrected chi connectivity index (χ2v) is 11.1. The smallest absolute Gasteiger partial charge is 0.223 e. The molecule has 1 N–H and O–H groups in total. The summed E-state index contributed by atoms with van der Waals surface area (Å²) in [7, 11) is 0. The fraction of sp³-hybridized carbons (Fsp3) is 0.500. The SMILES string of the molecule is C1=C2COC/C=C/COCc3cccc(c3)-c3ccnc(n3)NC13CC3C=C2OCCCCN1CCCCC1.[HH]. The largest absolute Gasteiger partial charge is 0.494 e. The number of anilines is 1. The summed E-state index contributed by atoms with van der Waals surface area (Å²) in [5.74, 6) is 1.98. The minimum absolute atomic E-state index is 0. The van der Waals surface area contributed by atoms with Crippen molar-refractivity contribution in [3.8, 4) is 11.3 Å². The molecule has 2 aliphatic carbocycles. The molecular formula is C32H42N4O3. The first-order chi connectivity index (χ1) is 19.3. The summed E-state index contributed by atoms with van der Waals surface area (Å²) in [5, 5.41) is 3.65. The molecule has 0 radical (unpaired) electrons. The number of benzene rings is 1. The zero-order valence-corrected chi connectivity index (χ0v) is 22.8. The average Bonchev–Trinajstić information content (AvgIpc) is 3.66. The van der Waals surface area contributed by atoms with Gasteiger partial charge in [-0.25, -0.2) is 9.97 Å². The molecule has 6 bridgehead atoms. The van der Waals surface area contributed by atoms with E-state index in [0.29, 0.717) is 38.3 Å². The molecule has 6 rings (SSSR count). The van der Waals surface area contributed by atoms with Gasteiger partial charge in [0.15, 0.2) is 0 Å². The highest BCUT2D eigenvalue weighted by atomic mass is 16.5. The minimum atomic E-state index is -0.185. The predicted octanol–water partition coefficient (Wildman–Crippen LogP) is 5.77. The van der Waals surface area contributed by atoms with Crippen LogP contribution in [0, 0.1) is 5.92 Å². The van der Waals surface area contributed by atoms with Gasteiger partial charge in [-0.3, -0.25) is 0 Å². The fourth-order valence-corrected chi connectivity index (χ4v) is 5.81. The summed E-state index contributed by atoms with van der Waals surface area (Å²) in [6.45, 7) is 6.58. The van der Waals surface area contributed by atoms with E-state index in [4.69, 9.17) is 19.2 Å². The van der Waals surface area contributed by atoms with E-state index in [1.54, 1.807) is 0 Å². The summed E-state index contributed by atoms with van der Waals surface area (Å²) >= 11 is 0. The van der Waals surface area contributed by atoms with Gasteiger partial charge in [-0.15, -0.1) is 0 Å². The predicted molar refractivity (Wildman–Crippen MR) is 155 cm³/mol. The molecule has 1 saturated heterocycles. The van der Waals surface area contributed by atoms with Gasteiger partial charge < -0.3 is 24.4 Å².